The van der Waals surface area contributed by atoms with E-state index in [0.29, 0.717) is 10.1 Å². The van der Waals surface area contributed by atoms with Gasteiger partial charge in [-0.15, -0.1) is 13.2 Å². The number of anilines is 1. The van der Waals surface area contributed by atoms with Gasteiger partial charge < -0.3 is 24.2 Å². The molecule has 246 valence electrons. The molecule has 11 nitrogen and oxygen atoms in total. The molecule has 3 atom stereocenters. The Bertz CT molecular complexity index is 1790. The summed E-state index contributed by atoms with van der Waals surface area (Å²) in [6.07, 6.45) is -6.49. The minimum atomic E-state index is -5.30. The van der Waals surface area contributed by atoms with Crippen LogP contribution in [0.2, 0.25) is 5.02 Å². The number of carbonyl (C=O) groups is 2. The maximum atomic E-state index is 15.1. The third kappa shape index (κ3) is 5.50. The average molecular weight is 684 g/mol. The fourth-order valence-electron chi connectivity index (χ4n) is 5.99. The number of fused-ring (bicyclic) bond motifs is 1. The van der Waals surface area contributed by atoms with Crippen LogP contribution in [0.15, 0.2) is 65.6 Å². The molecule has 0 aromatic heterocycles. The Labute approximate surface area is 267 Å². The predicted octanol–water partition coefficient (Wildman–Crippen LogP) is 3.76. The molecule has 1 saturated heterocycles. The highest BCUT2D eigenvalue weighted by Crippen LogP contribution is 2.54. The van der Waals surface area contributed by atoms with E-state index in [0.717, 1.165) is 18.2 Å². The summed E-state index contributed by atoms with van der Waals surface area (Å²) in [4.78, 5) is 30.3. The first-order valence-corrected chi connectivity index (χ1v) is 15.5. The van der Waals surface area contributed by atoms with Crippen molar-refractivity contribution in [3.05, 3.63) is 76.8 Å². The normalized spacial score (nSPS) is 21.7. The molecule has 0 aliphatic carbocycles. The fourth-order valence-corrected chi connectivity index (χ4v) is 7.72. The minimum Gasteiger partial charge on any atom is -0.497 e. The van der Waals surface area contributed by atoms with E-state index in [1.807, 2.05) is 0 Å². The number of amides is 2. The number of likely N-dealkylation sites (tertiary alicyclic amines) is 1. The molecule has 5 rings (SSSR count). The monoisotopic (exact) mass is 683 g/mol. The molecule has 1 N–H and O–H groups in total. The van der Waals surface area contributed by atoms with Gasteiger partial charge in [0, 0.05) is 37.3 Å². The number of aliphatic hydroxyl groups excluding tert-OH is 1. The Kier molecular flexibility index (Phi) is 8.66. The van der Waals surface area contributed by atoms with Gasteiger partial charge in [0.25, 0.3) is 15.9 Å². The van der Waals surface area contributed by atoms with Gasteiger partial charge in [-0.3, -0.25) is 14.5 Å². The molecule has 1 unspecified atom stereocenters. The average Bonchev–Trinajstić information content (AvgIpc) is 3.50. The van der Waals surface area contributed by atoms with Crippen LogP contribution >= 0.6 is 11.6 Å². The Balaban J connectivity index is 1.82. The number of nitrogens with zero attached hydrogens (tertiary/aromatic N) is 3. The van der Waals surface area contributed by atoms with Gasteiger partial charge in [-0.2, -0.15) is 0 Å². The molecule has 0 bridgehead atoms. The van der Waals surface area contributed by atoms with Gasteiger partial charge in [0.15, 0.2) is 11.3 Å². The van der Waals surface area contributed by atoms with E-state index in [9.17, 15) is 31.5 Å². The van der Waals surface area contributed by atoms with Crippen molar-refractivity contribution in [3.8, 4) is 17.2 Å². The van der Waals surface area contributed by atoms with Crippen molar-refractivity contribution in [2.45, 2.75) is 35.4 Å². The Hall–Kier alpha value is -4.05. The van der Waals surface area contributed by atoms with E-state index in [1.165, 1.54) is 80.6 Å². The lowest BCUT2D eigenvalue weighted by Crippen LogP contribution is -2.59. The number of rotatable bonds is 8. The van der Waals surface area contributed by atoms with Crippen LogP contribution in [0, 0.1) is 0 Å². The smallest absolute Gasteiger partial charge is 0.497 e. The largest absolute Gasteiger partial charge is 0.573 e. The van der Waals surface area contributed by atoms with Crippen LogP contribution in [0.5, 0.6) is 17.2 Å². The second-order valence-electron chi connectivity index (χ2n) is 10.8. The molecular formula is C30H29ClF3N3O8S. The second kappa shape index (κ2) is 12.0. The van der Waals surface area contributed by atoms with Crippen molar-refractivity contribution >= 4 is 39.1 Å². The van der Waals surface area contributed by atoms with Gasteiger partial charge in [-0.1, -0.05) is 23.7 Å². The summed E-state index contributed by atoms with van der Waals surface area (Å²) >= 11 is 6.43. The zero-order chi connectivity index (χ0) is 33.8. The van der Waals surface area contributed by atoms with Crippen LogP contribution in [-0.2, 0) is 25.2 Å². The highest BCUT2D eigenvalue weighted by molar-refractivity contribution is 7.93. The van der Waals surface area contributed by atoms with E-state index < -0.39 is 56.5 Å². The fraction of sp³-hybridized carbons (Fsp3) is 0.333. The molecule has 2 aliphatic heterocycles. The van der Waals surface area contributed by atoms with Gasteiger partial charge in [-0.25, -0.2) is 12.7 Å². The van der Waals surface area contributed by atoms with Crippen molar-refractivity contribution in [1.82, 2.24) is 9.80 Å². The number of halogens is 4. The van der Waals surface area contributed by atoms with Crippen molar-refractivity contribution in [1.29, 1.82) is 0 Å². The molecule has 0 spiro atoms. The highest BCUT2D eigenvalue weighted by atomic mass is 35.5. The SMILES string of the molecule is COc1ccc(C2(N3C[C@H](O)C[C@H]3C(=O)N(C)C)C(=O)N(S(=O)(=O)c3ccc(OC)cc3OC(F)(F)F)c3ccc(Cl)cc32)cc1. The summed E-state index contributed by atoms with van der Waals surface area (Å²) in [5, 5.41) is 11.0. The summed E-state index contributed by atoms with van der Waals surface area (Å²) in [6, 6.07) is 11.6. The number of aliphatic hydroxyl groups is 1. The third-order valence-corrected chi connectivity index (χ3v) is 9.87. The topological polar surface area (TPSA) is 126 Å². The molecule has 2 heterocycles. The van der Waals surface area contributed by atoms with Crippen molar-refractivity contribution < 1.29 is 50.5 Å². The van der Waals surface area contributed by atoms with Gasteiger partial charge >= 0.3 is 6.36 Å². The van der Waals surface area contributed by atoms with Gasteiger partial charge in [0.1, 0.15) is 16.4 Å². The van der Waals surface area contributed by atoms with Crippen LogP contribution in [0.3, 0.4) is 0 Å². The lowest BCUT2D eigenvalue weighted by Gasteiger charge is -2.41. The highest BCUT2D eigenvalue weighted by Gasteiger charge is 2.63. The Morgan fingerprint density at radius 2 is 1.65 bits per heavy atom. The van der Waals surface area contributed by atoms with Crippen LogP contribution in [-0.4, -0.2) is 88.5 Å². The zero-order valence-corrected chi connectivity index (χ0v) is 26.5. The van der Waals surface area contributed by atoms with E-state index >= 15 is 4.79 Å². The van der Waals surface area contributed by atoms with E-state index in [1.54, 1.807) is 0 Å². The number of sulfonamides is 1. The van der Waals surface area contributed by atoms with Crippen LogP contribution in [0.25, 0.3) is 0 Å². The molecule has 0 radical (unpaired) electrons. The van der Waals surface area contributed by atoms with E-state index in [4.69, 9.17) is 21.1 Å². The third-order valence-electron chi connectivity index (χ3n) is 7.90. The molecule has 3 aromatic carbocycles. The van der Waals surface area contributed by atoms with E-state index in [-0.39, 0.29) is 40.6 Å². The van der Waals surface area contributed by atoms with Crippen LogP contribution in [0.1, 0.15) is 17.5 Å². The summed E-state index contributed by atoms with van der Waals surface area (Å²) < 4.78 is 84.1. The van der Waals surface area contributed by atoms with E-state index in [2.05, 4.69) is 4.74 Å². The number of alkyl halides is 3. The molecule has 0 saturated carbocycles. The van der Waals surface area contributed by atoms with Crippen LogP contribution in [0.4, 0.5) is 18.9 Å². The molecule has 46 heavy (non-hydrogen) atoms. The standard InChI is InChI=1S/C30H29ClF3N3O8S/c1-35(2)27(39)24-14-19(38)16-36(24)29(17-5-8-20(43-3)9-6-17)22-13-18(31)7-11-23(22)37(28(29)40)46(41,42)26-12-10-21(44-4)15-25(26)45-30(32,33)34/h5-13,15,19,24,38H,14,16H2,1-4H3/t19-,24+,29?/m1/s1. The first-order valence-electron chi connectivity index (χ1n) is 13.7. The molecule has 2 aliphatic rings. The molecule has 3 aromatic rings. The predicted molar refractivity (Wildman–Crippen MR) is 159 cm³/mol. The summed E-state index contributed by atoms with van der Waals surface area (Å²) in [5.74, 6) is -2.49. The number of β-amino-alcohol motifs (C(OH)–C–C–N with tert-alkyl or cyclic N) is 1. The molecule has 16 heteroatoms. The van der Waals surface area contributed by atoms with Crippen molar-refractivity contribution in [3.63, 3.8) is 0 Å². The lowest BCUT2D eigenvalue weighted by atomic mass is 9.81. The number of likely N-dealkylation sites (N-methyl/N-ethyl adjacent to an activating group) is 1. The Morgan fingerprint density at radius 1 is 1.02 bits per heavy atom. The van der Waals surface area contributed by atoms with Gasteiger partial charge in [0.2, 0.25) is 5.91 Å². The molecular weight excluding hydrogens is 655 g/mol. The number of methoxy groups -OCH3 is 2. The quantitative estimate of drug-likeness (QED) is 0.378. The van der Waals surface area contributed by atoms with Gasteiger partial charge in [-0.05, 0) is 54.4 Å². The Morgan fingerprint density at radius 3 is 2.24 bits per heavy atom. The lowest BCUT2D eigenvalue weighted by molar-refractivity contribution is -0.275. The minimum absolute atomic E-state index is 0.0243. The molecule has 2 amide bonds. The maximum absolute atomic E-state index is 15.1. The summed E-state index contributed by atoms with van der Waals surface area (Å²) in [6.45, 7) is -0.243. The number of hydrogen-bond donors (Lipinski definition) is 1. The second-order valence-corrected chi connectivity index (χ2v) is 13.0. The number of benzene rings is 3. The van der Waals surface area contributed by atoms with Crippen molar-refractivity contribution in [2.24, 2.45) is 0 Å². The van der Waals surface area contributed by atoms with Crippen LogP contribution < -0.4 is 18.5 Å². The number of hydrogen-bond acceptors (Lipinski definition) is 9. The zero-order valence-electron chi connectivity index (χ0n) is 24.9. The first-order chi connectivity index (χ1) is 21.6. The first kappa shape index (κ1) is 33.3. The molecule has 1 fully saturated rings. The number of carbonyl (C=O) groups excluding carboxylic acids is 2. The number of ether oxygens (including phenoxy) is 3. The summed E-state index contributed by atoms with van der Waals surface area (Å²) in [7, 11) is 0.404. The van der Waals surface area contributed by atoms with Gasteiger partial charge in [0.05, 0.1) is 32.1 Å². The maximum Gasteiger partial charge on any atom is 0.573 e. The summed E-state index contributed by atoms with van der Waals surface area (Å²) in [5.41, 5.74) is -2.12. The van der Waals surface area contributed by atoms with Crippen molar-refractivity contribution in [2.75, 3.05) is 39.2 Å².